The van der Waals surface area contributed by atoms with Crippen molar-refractivity contribution in [1.82, 2.24) is 20.2 Å². The summed E-state index contributed by atoms with van der Waals surface area (Å²) in [4.78, 5) is 16.4. The number of halogens is 6. The number of hydrogen-bond acceptors (Lipinski definition) is 10. The minimum atomic E-state index is -4.79. The van der Waals surface area contributed by atoms with Gasteiger partial charge in [0.1, 0.15) is 35.4 Å². The van der Waals surface area contributed by atoms with Crippen LogP contribution in [0.4, 0.5) is 26.3 Å². The molecule has 1 N–H and O–H groups in total. The van der Waals surface area contributed by atoms with Crippen LogP contribution in [-0.2, 0) is 20.7 Å². The van der Waals surface area contributed by atoms with Gasteiger partial charge in [0, 0.05) is 5.56 Å². The maximum Gasteiger partial charge on any atom is 0.573 e. The third kappa shape index (κ3) is 12.5. The van der Waals surface area contributed by atoms with Crippen LogP contribution in [0, 0.1) is 13.8 Å². The Morgan fingerprint density at radius 3 is 2.31 bits per heavy atom. The van der Waals surface area contributed by atoms with Crippen LogP contribution >= 0.6 is 11.8 Å². The van der Waals surface area contributed by atoms with Crippen molar-refractivity contribution in [3.8, 4) is 28.6 Å². The Morgan fingerprint density at radius 2 is 1.69 bits per heavy atom. The zero-order valence-electron chi connectivity index (χ0n) is 28.2. The number of hydrogen-bond donors (Lipinski definition) is 1. The van der Waals surface area contributed by atoms with E-state index in [1.807, 2.05) is 26.0 Å². The summed E-state index contributed by atoms with van der Waals surface area (Å²) in [6.45, 7) is 3.53. The summed E-state index contributed by atoms with van der Waals surface area (Å²) in [5.41, 5.74) is 10.9. The molecule has 1 heterocycles. The molecule has 0 spiro atoms. The van der Waals surface area contributed by atoms with Crippen molar-refractivity contribution >= 4 is 23.9 Å². The lowest BCUT2D eigenvalue weighted by Gasteiger charge is -2.14. The molecule has 0 amide bonds. The number of carbonyl (C=O) groups excluding carboxylic acids is 1. The minimum absolute atomic E-state index is 0.252. The third-order valence-electron chi connectivity index (χ3n) is 7.05. The average Bonchev–Trinajstić information content (AvgIpc) is 3.58. The van der Waals surface area contributed by atoms with Crippen molar-refractivity contribution < 1.29 is 50.1 Å². The number of nitrogens with one attached hydrogen (secondary N) is 1. The van der Waals surface area contributed by atoms with E-state index in [9.17, 15) is 31.1 Å². The van der Waals surface area contributed by atoms with Gasteiger partial charge in [-0.15, -0.1) is 18.3 Å². The number of aryl methyl sites for hydroxylation is 2. The molecule has 0 saturated heterocycles. The van der Waals surface area contributed by atoms with Gasteiger partial charge in [-0.25, -0.2) is 14.5 Å². The summed E-state index contributed by atoms with van der Waals surface area (Å²) in [5.74, 6) is -0.449. The van der Waals surface area contributed by atoms with E-state index < -0.39 is 31.2 Å². The van der Waals surface area contributed by atoms with Crippen LogP contribution in [0.25, 0.3) is 17.1 Å². The normalized spacial score (nSPS) is 12.3. The first-order chi connectivity index (χ1) is 24.6. The topological polar surface area (TPSA) is 109 Å². The zero-order valence-corrected chi connectivity index (χ0v) is 29.0. The van der Waals surface area contributed by atoms with Crippen molar-refractivity contribution in [2.24, 2.45) is 5.10 Å². The molecule has 17 heteroatoms. The van der Waals surface area contributed by atoms with Crippen LogP contribution in [0.3, 0.4) is 0 Å². The molecular weight excluding hydrogens is 716 g/mol. The number of esters is 1. The first-order valence-electron chi connectivity index (χ1n) is 15.3. The smallest absolute Gasteiger partial charge is 0.497 e. The Hall–Kier alpha value is -5.25. The fraction of sp³-hybridized carbons (Fsp3) is 0.286. The van der Waals surface area contributed by atoms with Gasteiger partial charge in [-0.1, -0.05) is 41.8 Å². The number of carbonyl (C=O) groups is 1. The Kier molecular flexibility index (Phi) is 13.5. The number of alkyl halides is 6. The molecule has 0 radical (unpaired) electrons. The highest BCUT2D eigenvalue weighted by atomic mass is 32.2. The molecule has 52 heavy (non-hydrogen) atoms. The van der Waals surface area contributed by atoms with Crippen LogP contribution in [-0.4, -0.2) is 65.2 Å². The summed E-state index contributed by atoms with van der Waals surface area (Å²) < 4.78 is 95.0. The minimum Gasteiger partial charge on any atom is -0.497 e. The zero-order chi connectivity index (χ0) is 37.9. The average molecular weight is 750 g/mol. The van der Waals surface area contributed by atoms with Crippen molar-refractivity contribution in [3.05, 3.63) is 106 Å². The standard InChI is InChI=1S/C35H33F6N5O5S/c1-22-16-29(48-4)17-23(2)30(22)6-5-7-31(52-21-50-33(47)24(3)49-19-34(36,37)38)44-43-18-25-8-10-26(11-9-25)32-42-20-46(45-32)27-12-14-28(15-13-27)51-35(39,40)41/h5,8-18,20,24,44H,6,19,21H2,1-4H3/b43-18+. The van der Waals surface area contributed by atoms with Crippen LogP contribution in [0.1, 0.15) is 29.2 Å². The summed E-state index contributed by atoms with van der Waals surface area (Å²) >= 11 is 1.01. The predicted octanol–water partition coefficient (Wildman–Crippen LogP) is 7.82. The quantitative estimate of drug-likeness (QED) is 0.0325. The molecule has 3 aromatic carbocycles. The third-order valence-corrected chi connectivity index (χ3v) is 7.79. The van der Waals surface area contributed by atoms with Gasteiger partial charge in [-0.2, -0.15) is 18.3 Å². The van der Waals surface area contributed by atoms with Gasteiger partial charge in [0.15, 0.2) is 11.9 Å². The van der Waals surface area contributed by atoms with E-state index in [0.717, 1.165) is 34.2 Å². The van der Waals surface area contributed by atoms with Gasteiger partial charge in [0.05, 0.1) is 19.0 Å². The lowest BCUT2D eigenvalue weighted by atomic mass is 9.99. The second kappa shape index (κ2) is 17.8. The van der Waals surface area contributed by atoms with E-state index in [1.54, 1.807) is 37.5 Å². The van der Waals surface area contributed by atoms with Gasteiger partial charge < -0.3 is 18.9 Å². The number of hydrazone groups is 1. The highest BCUT2D eigenvalue weighted by Crippen LogP contribution is 2.25. The van der Waals surface area contributed by atoms with Crippen molar-refractivity contribution in [1.29, 1.82) is 0 Å². The van der Waals surface area contributed by atoms with E-state index in [-0.39, 0.29) is 11.7 Å². The molecular formula is C35H33F6N5O5S. The van der Waals surface area contributed by atoms with E-state index in [1.165, 1.54) is 48.4 Å². The van der Waals surface area contributed by atoms with E-state index in [2.05, 4.69) is 35.8 Å². The number of thioether (sulfide) groups is 1. The molecule has 0 bridgehead atoms. The molecule has 276 valence electrons. The van der Waals surface area contributed by atoms with Gasteiger partial charge in [0.25, 0.3) is 0 Å². The van der Waals surface area contributed by atoms with Crippen LogP contribution in [0.15, 0.2) is 88.9 Å². The van der Waals surface area contributed by atoms with Crippen molar-refractivity contribution in [2.45, 2.75) is 45.8 Å². The SMILES string of the molecule is COc1cc(C)c(CC=C=C(N/N=C/c2ccc(-c3ncn(-c4ccc(OC(F)(F)F)cc4)n3)cc2)SCOC(=O)C(C)OCC(F)(F)F)c(C)c1. The number of ether oxygens (including phenoxy) is 4. The number of benzene rings is 3. The van der Waals surface area contributed by atoms with E-state index >= 15 is 0 Å². The molecule has 1 unspecified atom stereocenters. The molecule has 4 aromatic rings. The first-order valence-corrected chi connectivity index (χ1v) is 16.3. The van der Waals surface area contributed by atoms with E-state index in [0.29, 0.717) is 34.1 Å². The van der Waals surface area contributed by atoms with Crippen LogP contribution in [0.5, 0.6) is 11.5 Å². The highest BCUT2D eigenvalue weighted by Gasteiger charge is 2.31. The molecule has 0 aliphatic carbocycles. The number of allylic oxidation sites excluding steroid dienone is 1. The second-order valence-electron chi connectivity index (χ2n) is 11.0. The maximum atomic E-state index is 12.5. The Bertz CT molecular complexity index is 1880. The van der Waals surface area contributed by atoms with Gasteiger partial charge in [-0.05, 0) is 91.9 Å². The number of rotatable bonds is 15. The largest absolute Gasteiger partial charge is 0.573 e. The van der Waals surface area contributed by atoms with Crippen LogP contribution < -0.4 is 14.9 Å². The summed E-state index contributed by atoms with van der Waals surface area (Å²) in [6, 6.07) is 16.1. The molecule has 10 nitrogen and oxygen atoms in total. The summed E-state index contributed by atoms with van der Waals surface area (Å²) in [7, 11) is 1.59. The monoisotopic (exact) mass is 749 g/mol. The van der Waals surface area contributed by atoms with Crippen molar-refractivity contribution in [2.75, 3.05) is 19.7 Å². The van der Waals surface area contributed by atoms with Gasteiger partial charge in [0.2, 0.25) is 0 Å². The fourth-order valence-electron chi connectivity index (χ4n) is 4.50. The highest BCUT2D eigenvalue weighted by molar-refractivity contribution is 8.02. The Labute approximate surface area is 299 Å². The Morgan fingerprint density at radius 1 is 1.02 bits per heavy atom. The summed E-state index contributed by atoms with van der Waals surface area (Å²) in [6.07, 6.45) is -5.55. The molecule has 0 saturated carbocycles. The molecule has 0 fully saturated rings. The maximum absolute atomic E-state index is 12.5. The lowest BCUT2D eigenvalue weighted by molar-refractivity contribution is -0.274. The molecule has 0 aliphatic heterocycles. The molecule has 4 rings (SSSR count). The lowest BCUT2D eigenvalue weighted by Crippen LogP contribution is -2.28. The molecule has 1 aromatic heterocycles. The number of nitrogens with zero attached hydrogens (tertiary/aromatic N) is 4. The molecule has 1 atom stereocenters. The predicted molar refractivity (Wildman–Crippen MR) is 182 cm³/mol. The van der Waals surface area contributed by atoms with Crippen LogP contribution in [0.2, 0.25) is 0 Å². The Balaban J connectivity index is 1.41. The van der Waals surface area contributed by atoms with Gasteiger partial charge >= 0.3 is 18.5 Å². The fourth-order valence-corrected chi connectivity index (χ4v) is 5.08. The second-order valence-corrected chi connectivity index (χ2v) is 11.9. The first kappa shape index (κ1) is 39.5. The number of aromatic nitrogens is 3. The van der Waals surface area contributed by atoms with Crippen molar-refractivity contribution in [3.63, 3.8) is 0 Å². The number of methoxy groups -OCH3 is 1. The molecule has 0 aliphatic rings. The van der Waals surface area contributed by atoms with Gasteiger partial charge in [-0.3, -0.25) is 5.43 Å². The summed E-state index contributed by atoms with van der Waals surface area (Å²) in [5, 5.41) is 9.01. The van der Waals surface area contributed by atoms with E-state index in [4.69, 9.17) is 9.47 Å².